The van der Waals surface area contributed by atoms with Crippen molar-refractivity contribution >= 4 is 23.6 Å². The Balaban J connectivity index is 2.20. The van der Waals surface area contributed by atoms with Crippen LogP contribution in [0, 0.1) is 11.2 Å². The number of aromatic hydroxyl groups is 1. The Hall–Kier alpha value is -3.15. The SMILES string of the molecule is N=CC(=CN)c1ccncc1/C=C/Nc1ccc(F)c(O)c1. The number of hydrogen-bond acceptors (Lipinski definition) is 5. The molecular weight excluding hydrogens is 283 g/mol. The maximum absolute atomic E-state index is 13.0. The van der Waals surface area contributed by atoms with Gasteiger partial charge in [0.05, 0.1) is 0 Å². The summed E-state index contributed by atoms with van der Waals surface area (Å²) in [5.74, 6) is -1.09. The van der Waals surface area contributed by atoms with E-state index in [2.05, 4.69) is 10.3 Å². The van der Waals surface area contributed by atoms with Crippen molar-refractivity contribution in [3.63, 3.8) is 0 Å². The van der Waals surface area contributed by atoms with Crippen LogP contribution in [0.1, 0.15) is 11.1 Å². The van der Waals surface area contributed by atoms with Gasteiger partial charge in [-0.15, -0.1) is 0 Å². The number of allylic oxidation sites excluding steroid dienone is 1. The fraction of sp³-hybridized carbons (Fsp3) is 0. The molecule has 1 heterocycles. The second kappa shape index (κ2) is 7.03. The first-order valence-electron chi connectivity index (χ1n) is 6.44. The fourth-order valence-corrected chi connectivity index (χ4v) is 1.85. The zero-order valence-electron chi connectivity index (χ0n) is 11.6. The lowest BCUT2D eigenvalue weighted by molar-refractivity contribution is 0.433. The summed E-state index contributed by atoms with van der Waals surface area (Å²) in [6.07, 6.45) is 9.15. The second-order valence-electron chi connectivity index (χ2n) is 4.37. The number of nitrogens with zero attached hydrogens (tertiary/aromatic N) is 1. The van der Waals surface area contributed by atoms with E-state index in [1.54, 1.807) is 30.7 Å². The highest BCUT2D eigenvalue weighted by molar-refractivity contribution is 6.09. The van der Waals surface area contributed by atoms with E-state index < -0.39 is 11.6 Å². The highest BCUT2D eigenvalue weighted by atomic mass is 19.1. The van der Waals surface area contributed by atoms with Crippen LogP contribution in [0.4, 0.5) is 10.1 Å². The normalized spacial score (nSPS) is 11.6. The summed E-state index contributed by atoms with van der Waals surface area (Å²) in [6, 6.07) is 5.72. The molecule has 0 aliphatic rings. The number of anilines is 1. The summed E-state index contributed by atoms with van der Waals surface area (Å²) >= 11 is 0. The third kappa shape index (κ3) is 3.49. The van der Waals surface area contributed by atoms with Gasteiger partial charge in [0.15, 0.2) is 11.6 Å². The maximum Gasteiger partial charge on any atom is 0.164 e. The molecule has 0 aliphatic heterocycles. The van der Waals surface area contributed by atoms with Crippen molar-refractivity contribution in [3.05, 3.63) is 66.0 Å². The monoisotopic (exact) mass is 298 g/mol. The van der Waals surface area contributed by atoms with Gasteiger partial charge in [0.2, 0.25) is 0 Å². The molecule has 0 spiro atoms. The van der Waals surface area contributed by atoms with Gasteiger partial charge < -0.3 is 21.6 Å². The van der Waals surface area contributed by atoms with Crippen LogP contribution in [0.3, 0.4) is 0 Å². The molecule has 0 fully saturated rings. The standard InChI is InChI=1S/C16H15FN4O/c17-15-2-1-13(7-16(15)22)21-6-3-11-10-20-5-4-14(11)12(8-18)9-19/h1-10,18,21-22H,19H2/b6-3+,12-9?,18-8?. The van der Waals surface area contributed by atoms with Gasteiger partial charge in [-0.1, -0.05) is 0 Å². The Morgan fingerprint density at radius 2 is 2.18 bits per heavy atom. The molecule has 1 aromatic carbocycles. The van der Waals surface area contributed by atoms with E-state index >= 15 is 0 Å². The molecule has 2 rings (SSSR count). The molecule has 0 aliphatic carbocycles. The highest BCUT2D eigenvalue weighted by Crippen LogP contribution is 2.21. The Labute approximate surface area is 127 Å². The molecule has 0 amide bonds. The third-order valence-corrected chi connectivity index (χ3v) is 2.96. The highest BCUT2D eigenvalue weighted by Gasteiger charge is 2.03. The molecule has 0 radical (unpaired) electrons. The zero-order valence-corrected chi connectivity index (χ0v) is 11.6. The van der Waals surface area contributed by atoms with E-state index in [0.29, 0.717) is 11.3 Å². The van der Waals surface area contributed by atoms with Gasteiger partial charge in [-0.25, -0.2) is 4.39 Å². The van der Waals surface area contributed by atoms with Crippen LogP contribution in [0.25, 0.3) is 11.6 Å². The average molecular weight is 298 g/mol. The number of pyridine rings is 1. The first kappa shape index (κ1) is 15.2. The molecule has 0 saturated heterocycles. The largest absolute Gasteiger partial charge is 0.505 e. The van der Waals surface area contributed by atoms with Gasteiger partial charge >= 0.3 is 0 Å². The fourth-order valence-electron chi connectivity index (χ4n) is 1.85. The minimum absolute atomic E-state index is 0.419. The van der Waals surface area contributed by atoms with Gasteiger partial charge in [-0.3, -0.25) is 4.98 Å². The number of phenols is 1. The summed E-state index contributed by atoms with van der Waals surface area (Å²) in [5.41, 5.74) is 8.15. The molecule has 0 saturated carbocycles. The van der Waals surface area contributed by atoms with Crippen LogP contribution in [0.2, 0.25) is 0 Å². The molecule has 112 valence electrons. The Morgan fingerprint density at radius 3 is 2.86 bits per heavy atom. The Morgan fingerprint density at radius 1 is 1.36 bits per heavy atom. The van der Waals surface area contributed by atoms with Crippen LogP contribution in [-0.2, 0) is 0 Å². The summed E-state index contributed by atoms with van der Waals surface area (Å²) < 4.78 is 13.0. The van der Waals surface area contributed by atoms with Gasteiger partial charge in [0.25, 0.3) is 0 Å². The number of halogens is 1. The first-order chi connectivity index (χ1) is 10.7. The van der Waals surface area contributed by atoms with Crippen molar-refractivity contribution in [1.82, 2.24) is 4.98 Å². The molecular formula is C16H15FN4O. The van der Waals surface area contributed by atoms with Crippen molar-refractivity contribution in [3.8, 4) is 5.75 Å². The molecule has 5 N–H and O–H groups in total. The van der Waals surface area contributed by atoms with Gasteiger partial charge in [-0.2, -0.15) is 0 Å². The predicted octanol–water partition coefficient (Wildman–Crippen LogP) is 2.96. The van der Waals surface area contributed by atoms with E-state index in [1.165, 1.54) is 24.4 Å². The molecule has 1 aromatic heterocycles. The van der Waals surface area contributed by atoms with E-state index in [0.717, 1.165) is 17.3 Å². The van der Waals surface area contributed by atoms with Crippen molar-refractivity contribution in [1.29, 1.82) is 5.41 Å². The minimum Gasteiger partial charge on any atom is -0.505 e. The molecule has 0 atom stereocenters. The van der Waals surface area contributed by atoms with Crippen LogP contribution >= 0.6 is 0 Å². The Kier molecular flexibility index (Phi) is 4.87. The van der Waals surface area contributed by atoms with Gasteiger partial charge in [-0.05, 0) is 29.8 Å². The predicted molar refractivity (Wildman–Crippen MR) is 85.9 cm³/mol. The van der Waals surface area contributed by atoms with Crippen molar-refractivity contribution < 1.29 is 9.50 Å². The molecule has 6 heteroatoms. The number of nitrogens with one attached hydrogen (secondary N) is 2. The topological polar surface area (TPSA) is 95.0 Å². The molecule has 22 heavy (non-hydrogen) atoms. The summed E-state index contributed by atoms with van der Waals surface area (Å²) in [7, 11) is 0. The summed E-state index contributed by atoms with van der Waals surface area (Å²) in [6.45, 7) is 0. The van der Waals surface area contributed by atoms with E-state index in [1.807, 2.05) is 0 Å². The van der Waals surface area contributed by atoms with E-state index in [-0.39, 0.29) is 0 Å². The lowest BCUT2D eigenvalue weighted by Gasteiger charge is -2.06. The second-order valence-corrected chi connectivity index (χ2v) is 4.37. The number of benzene rings is 1. The van der Waals surface area contributed by atoms with Crippen LogP contribution < -0.4 is 11.1 Å². The number of hydrogen-bond donors (Lipinski definition) is 4. The van der Waals surface area contributed by atoms with Crippen LogP contribution in [0.5, 0.6) is 5.75 Å². The molecule has 2 aromatic rings. The number of rotatable bonds is 5. The molecule has 0 unspecified atom stereocenters. The summed E-state index contributed by atoms with van der Waals surface area (Å²) in [5, 5.41) is 19.6. The quantitative estimate of drug-likeness (QED) is 0.638. The van der Waals surface area contributed by atoms with Gasteiger partial charge in [0, 0.05) is 53.9 Å². The van der Waals surface area contributed by atoms with Crippen LogP contribution in [-0.4, -0.2) is 16.3 Å². The lowest BCUT2D eigenvalue weighted by Crippen LogP contribution is -1.95. The average Bonchev–Trinajstić information content (AvgIpc) is 2.53. The maximum atomic E-state index is 13.0. The van der Waals surface area contributed by atoms with Crippen LogP contribution in [0.15, 0.2) is 49.1 Å². The summed E-state index contributed by atoms with van der Waals surface area (Å²) in [4.78, 5) is 4.04. The smallest absolute Gasteiger partial charge is 0.164 e. The Bertz CT molecular complexity index is 741. The van der Waals surface area contributed by atoms with Crippen molar-refractivity contribution in [2.75, 3.05) is 5.32 Å². The van der Waals surface area contributed by atoms with Crippen molar-refractivity contribution in [2.24, 2.45) is 5.73 Å². The third-order valence-electron chi connectivity index (χ3n) is 2.96. The number of phenolic OH excluding ortho intramolecular Hbond substituents is 1. The minimum atomic E-state index is -0.673. The molecule has 0 bridgehead atoms. The first-order valence-corrected chi connectivity index (χ1v) is 6.44. The van der Waals surface area contributed by atoms with Crippen molar-refractivity contribution in [2.45, 2.75) is 0 Å². The van der Waals surface area contributed by atoms with E-state index in [4.69, 9.17) is 11.1 Å². The van der Waals surface area contributed by atoms with Gasteiger partial charge in [0.1, 0.15) is 0 Å². The van der Waals surface area contributed by atoms with E-state index in [9.17, 15) is 9.50 Å². The lowest BCUT2D eigenvalue weighted by atomic mass is 10.0. The molecule has 5 nitrogen and oxygen atoms in total. The number of aromatic nitrogens is 1. The number of nitrogens with two attached hydrogens (primary N) is 1. The zero-order chi connectivity index (χ0) is 15.9.